The number of nitrogens with zero attached hydrogens (tertiary/aromatic N) is 2. The van der Waals surface area contributed by atoms with Gasteiger partial charge in [0.05, 0.1) is 17.3 Å². The smallest absolute Gasteiger partial charge is 0.243 e. The molecular weight excluding hydrogens is 214 g/mol. The van der Waals surface area contributed by atoms with Crippen LogP contribution in [0.2, 0.25) is 0 Å². The van der Waals surface area contributed by atoms with Crippen LogP contribution in [0.25, 0.3) is 0 Å². The number of carbonyl (C=O) groups excluding carboxylic acids is 1. The third-order valence-electron chi connectivity index (χ3n) is 2.45. The maximum Gasteiger partial charge on any atom is 0.243 e. The summed E-state index contributed by atoms with van der Waals surface area (Å²) >= 11 is 0. The number of rotatable bonds is 4. The summed E-state index contributed by atoms with van der Waals surface area (Å²) in [4.78, 5) is 13.4. The highest BCUT2D eigenvalue weighted by Gasteiger charge is 2.19. The first-order valence-corrected chi connectivity index (χ1v) is 5.25. The van der Waals surface area contributed by atoms with E-state index in [0.29, 0.717) is 17.7 Å². The van der Waals surface area contributed by atoms with Crippen molar-refractivity contribution >= 4 is 11.6 Å². The highest BCUT2D eigenvalue weighted by molar-refractivity contribution is 5.97. The van der Waals surface area contributed by atoms with Crippen molar-refractivity contribution in [3.8, 4) is 6.07 Å². The number of likely N-dealkylation sites (N-methyl/N-ethyl adjacent to an activating group) is 1. The summed E-state index contributed by atoms with van der Waals surface area (Å²) in [6, 6.07) is 8.34. The number of anilines is 1. The van der Waals surface area contributed by atoms with Gasteiger partial charge in [0.15, 0.2) is 0 Å². The lowest BCUT2D eigenvalue weighted by molar-refractivity contribution is -0.119. The molecule has 4 heteroatoms. The van der Waals surface area contributed by atoms with Gasteiger partial charge in [-0.25, -0.2) is 0 Å². The van der Waals surface area contributed by atoms with Crippen LogP contribution in [0.4, 0.5) is 5.69 Å². The van der Waals surface area contributed by atoms with Crippen LogP contribution in [-0.2, 0) is 4.79 Å². The second-order valence-corrected chi connectivity index (χ2v) is 3.66. The third-order valence-corrected chi connectivity index (χ3v) is 2.45. The first-order chi connectivity index (χ1) is 8.11. The average Bonchev–Trinajstić information content (AvgIpc) is 2.37. The molecule has 17 heavy (non-hydrogen) atoms. The van der Waals surface area contributed by atoms with Crippen molar-refractivity contribution in [2.24, 2.45) is 5.73 Å². The van der Waals surface area contributed by atoms with Gasteiger partial charge in [-0.3, -0.25) is 4.79 Å². The summed E-state index contributed by atoms with van der Waals surface area (Å²) < 4.78 is 0. The lowest BCUT2D eigenvalue weighted by Gasteiger charge is -2.21. The highest BCUT2D eigenvalue weighted by atomic mass is 16.2. The maximum absolute atomic E-state index is 11.9. The molecule has 0 aliphatic heterocycles. The van der Waals surface area contributed by atoms with Gasteiger partial charge in [0.2, 0.25) is 5.91 Å². The van der Waals surface area contributed by atoms with Crippen molar-refractivity contribution in [3.63, 3.8) is 0 Å². The molecule has 0 fully saturated rings. The standard InChI is InChI=1S/C13H15N3O/c1-3-6-11(15)13(17)16(2)12-8-5-4-7-10(12)9-14/h3-5,7-8,11H,1,6,15H2,2H3. The van der Waals surface area contributed by atoms with Gasteiger partial charge in [-0.05, 0) is 18.6 Å². The number of nitriles is 1. The van der Waals surface area contributed by atoms with Crippen molar-refractivity contribution in [3.05, 3.63) is 42.5 Å². The highest BCUT2D eigenvalue weighted by Crippen LogP contribution is 2.18. The minimum atomic E-state index is -0.621. The molecule has 0 bridgehead atoms. The van der Waals surface area contributed by atoms with E-state index in [0.717, 1.165) is 0 Å². The van der Waals surface area contributed by atoms with Crippen LogP contribution < -0.4 is 10.6 Å². The predicted molar refractivity (Wildman–Crippen MR) is 67.4 cm³/mol. The van der Waals surface area contributed by atoms with E-state index in [1.165, 1.54) is 4.90 Å². The fourth-order valence-corrected chi connectivity index (χ4v) is 1.51. The Morgan fingerprint density at radius 2 is 2.29 bits per heavy atom. The fourth-order valence-electron chi connectivity index (χ4n) is 1.51. The molecule has 0 radical (unpaired) electrons. The number of hydrogen-bond donors (Lipinski definition) is 1. The normalized spacial score (nSPS) is 11.4. The van der Waals surface area contributed by atoms with Gasteiger partial charge in [-0.15, -0.1) is 6.58 Å². The third kappa shape index (κ3) is 2.92. The van der Waals surface area contributed by atoms with Crippen molar-refractivity contribution in [2.75, 3.05) is 11.9 Å². The van der Waals surface area contributed by atoms with Crippen LogP contribution in [0.15, 0.2) is 36.9 Å². The van der Waals surface area contributed by atoms with Crippen LogP contribution in [0, 0.1) is 11.3 Å². The van der Waals surface area contributed by atoms with E-state index in [9.17, 15) is 4.79 Å². The molecule has 1 unspecified atom stereocenters. The Kier molecular flexibility index (Phi) is 4.44. The van der Waals surface area contributed by atoms with E-state index in [2.05, 4.69) is 6.58 Å². The zero-order valence-electron chi connectivity index (χ0n) is 9.76. The molecule has 88 valence electrons. The minimum Gasteiger partial charge on any atom is -0.320 e. The van der Waals surface area contributed by atoms with Gasteiger partial charge >= 0.3 is 0 Å². The fraction of sp³-hybridized carbons (Fsp3) is 0.231. The van der Waals surface area contributed by atoms with E-state index in [1.807, 2.05) is 6.07 Å². The summed E-state index contributed by atoms with van der Waals surface area (Å²) in [6.45, 7) is 3.55. The zero-order chi connectivity index (χ0) is 12.8. The monoisotopic (exact) mass is 229 g/mol. The number of hydrogen-bond acceptors (Lipinski definition) is 3. The lowest BCUT2D eigenvalue weighted by Crippen LogP contribution is -2.41. The first-order valence-electron chi connectivity index (χ1n) is 5.25. The molecule has 2 N–H and O–H groups in total. The Morgan fingerprint density at radius 1 is 1.65 bits per heavy atom. The molecular formula is C13H15N3O. The number of nitrogens with two attached hydrogens (primary N) is 1. The Morgan fingerprint density at radius 3 is 2.88 bits per heavy atom. The summed E-state index contributed by atoms with van der Waals surface area (Å²) in [5, 5.41) is 8.96. The van der Waals surface area contributed by atoms with Gasteiger partial charge in [0.1, 0.15) is 6.07 Å². The molecule has 1 atom stereocenters. The van der Waals surface area contributed by atoms with Gasteiger partial charge in [-0.1, -0.05) is 18.2 Å². The molecule has 0 aromatic heterocycles. The van der Waals surface area contributed by atoms with Crippen LogP contribution in [-0.4, -0.2) is 19.0 Å². The minimum absolute atomic E-state index is 0.229. The van der Waals surface area contributed by atoms with E-state index in [4.69, 9.17) is 11.0 Å². The van der Waals surface area contributed by atoms with E-state index in [1.54, 1.807) is 37.4 Å². The predicted octanol–water partition coefficient (Wildman–Crippen LogP) is 1.42. The van der Waals surface area contributed by atoms with Crippen LogP contribution in [0.5, 0.6) is 0 Å². The largest absolute Gasteiger partial charge is 0.320 e. The van der Waals surface area contributed by atoms with Gasteiger partial charge < -0.3 is 10.6 Å². The molecule has 0 saturated heterocycles. The second kappa shape index (κ2) is 5.83. The van der Waals surface area contributed by atoms with Crippen molar-refractivity contribution in [1.82, 2.24) is 0 Å². The Balaban J connectivity index is 2.96. The quantitative estimate of drug-likeness (QED) is 0.794. The van der Waals surface area contributed by atoms with Crippen molar-refractivity contribution in [2.45, 2.75) is 12.5 Å². The Labute approximate surface area is 101 Å². The lowest BCUT2D eigenvalue weighted by atomic mass is 10.1. The maximum atomic E-state index is 11.9. The molecule has 1 rings (SSSR count). The van der Waals surface area contributed by atoms with Gasteiger partial charge in [-0.2, -0.15) is 5.26 Å². The van der Waals surface area contributed by atoms with Gasteiger partial charge in [0, 0.05) is 7.05 Å². The van der Waals surface area contributed by atoms with Gasteiger partial charge in [0.25, 0.3) is 0 Å². The number of carbonyl (C=O) groups is 1. The molecule has 0 aliphatic rings. The molecule has 4 nitrogen and oxygen atoms in total. The van der Waals surface area contributed by atoms with E-state index < -0.39 is 6.04 Å². The first kappa shape index (κ1) is 12.9. The molecule has 0 spiro atoms. The number of benzene rings is 1. The number of amides is 1. The summed E-state index contributed by atoms with van der Waals surface area (Å²) in [7, 11) is 1.61. The van der Waals surface area contributed by atoms with Crippen molar-refractivity contribution in [1.29, 1.82) is 5.26 Å². The van der Waals surface area contributed by atoms with E-state index in [-0.39, 0.29) is 5.91 Å². The summed E-state index contributed by atoms with van der Waals surface area (Å²) in [5.41, 5.74) is 6.73. The van der Waals surface area contributed by atoms with Crippen LogP contribution in [0.1, 0.15) is 12.0 Å². The number of para-hydroxylation sites is 1. The molecule has 1 amide bonds. The average molecular weight is 229 g/mol. The molecule has 0 saturated carbocycles. The molecule has 0 heterocycles. The zero-order valence-corrected chi connectivity index (χ0v) is 9.76. The molecule has 0 aliphatic carbocycles. The summed E-state index contributed by atoms with van der Waals surface area (Å²) in [5.74, 6) is -0.229. The van der Waals surface area contributed by atoms with Crippen LogP contribution in [0.3, 0.4) is 0 Å². The van der Waals surface area contributed by atoms with E-state index >= 15 is 0 Å². The Bertz CT molecular complexity index is 462. The Hall–Kier alpha value is -2.12. The van der Waals surface area contributed by atoms with Crippen molar-refractivity contribution < 1.29 is 4.79 Å². The summed E-state index contributed by atoms with van der Waals surface area (Å²) in [6.07, 6.45) is 2.02. The topological polar surface area (TPSA) is 70.1 Å². The molecule has 1 aromatic carbocycles. The van der Waals surface area contributed by atoms with Crippen LogP contribution >= 0.6 is 0 Å². The molecule has 1 aromatic rings. The second-order valence-electron chi connectivity index (χ2n) is 3.66. The SMILES string of the molecule is C=CCC(N)C(=O)N(C)c1ccccc1C#N.